The Kier molecular flexibility index (Phi) is 3.63. The molecule has 1 atom stereocenters. The minimum atomic E-state index is -2.75. The van der Waals surface area contributed by atoms with Gasteiger partial charge in [0.15, 0.2) is 0 Å². The molecule has 9 heteroatoms. The second kappa shape index (κ2) is 5.30. The Morgan fingerprint density at radius 1 is 1.54 bits per heavy atom. The van der Waals surface area contributed by atoms with Gasteiger partial charge in [0.2, 0.25) is 5.88 Å². The summed E-state index contributed by atoms with van der Waals surface area (Å²) in [4.78, 5) is 27.5. The van der Waals surface area contributed by atoms with E-state index in [-0.39, 0.29) is 18.1 Å². The topological polar surface area (TPSA) is 122 Å². The Bertz CT molecular complexity index is 1010. The fourth-order valence-corrected chi connectivity index (χ4v) is 3.81. The Morgan fingerprint density at radius 3 is 2.75 bits per heavy atom. The number of pyridine rings is 2. The van der Waals surface area contributed by atoms with Gasteiger partial charge < -0.3 is 14.4 Å². The molecule has 1 unspecified atom stereocenters. The van der Waals surface area contributed by atoms with Gasteiger partial charge in [-0.15, -0.1) is 0 Å². The van der Waals surface area contributed by atoms with Gasteiger partial charge in [0.1, 0.15) is 17.7 Å². The number of carbonyl (C=O) groups is 1. The lowest BCUT2D eigenvalue weighted by atomic mass is 10.2. The van der Waals surface area contributed by atoms with Crippen molar-refractivity contribution in [1.82, 2.24) is 9.55 Å². The first-order valence-corrected chi connectivity index (χ1v) is 9.21. The zero-order chi connectivity index (χ0) is 17.7. The summed E-state index contributed by atoms with van der Waals surface area (Å²) < 4.78 is 26.0. The average Bonchev–Trinajstić information content (AvgIpc) is 3.29. The molecule has 1 fully saturated rings. The fraction of sp³-hybridized carbons (Fsp3) is 0.400. The number of carboxylic acid groups (broad SMARTS) is 1. The smallest absolute Gasteiger partial charge is 0.341 e. The first-order valence-electron chi connectivity index (χ1n) is 7.24. The largest absolute Gasteiger partial charge is 0.477 e. The van der Waals surface area contributed by atoms with Crippen molar-refractivity contribution >= 4 is 26.6 Å². The quantitative estimate of drug-likeness (QED) is 0.835. The Labute approximate surface area is 138 Å². The molecule has 0 saturated heterocycles. The third-order valence-corrected chi connectivity index (χ3v) is 6.61. The highest BCUT2D eigenvalue weighted by Crippen LogP contribution is 2.43. The summed E-state index contributed by atoms with van der Waals surface area (Å²) in [5.74, 6) is -1.13. The first kappa shape index (κ1) is 16.4. The van der Waals surface area contributed by atoms with Crippen LogP contribution in [0.2, 0.25) is 0 Å². The van der Waals surface area contributed by atoms with Crippen LogP contribution in [0.25, 0.3) is 10.9 Å². The third kappa shape index (κ3) is 2.54. The number of hydrogen-bond acceptors (Lipinski definition) is 6. The highest BCUT2D eigenvalue weighted by Gasteiger charge is 2.50. The van der Waals surface area contributed by atoms with E-state index in [1.54, 1.807) is 6.07 Å². The van der Waals surface area contributed by atoms with Crippen LogP contribution in [0.5, 0.6) is 5.88 Å². The molecule has 1 aliphatic rings. The predicted octanol–water partition coefficient (Wildman–Crippen LogP) is 1.22. The molecule has 3 rings (SSSR count). The highest BCUT2D eigenvalue weighted by atomic mass is 32.2. The maximum Gasteiger partial charge on any atom is 0.341 e. The van der Waals surface area contributed by atoms with Crippen LogP contribution in [0.1, 0.15) is 23.2 Å². The summed E-state index contributed by atoms with van der Waals surface area (Å²) in [7, 11) is -1.30. The summed E-state index contributed by atoms with van der Waals surface area (Å²) >= 11 is 0. The number of aromatic carboxylic acids is 1. The standard InChI is InChI=1S/C15H17N3O5S/c1-18-11-9(7-10(13(18)19)14(20)21)3-6-17-12(11)23-8-15(4-5-15)24(2,16)22/h3,6-7,16H,4-5,8H2,1-2H3,(H,20,21). The maximum atomic E-state index is 12.2. The van der Waals surface area contributed by atoms with Gasteiger partial charge in [-0.25, -0.2) is 14.0 Å². The Hall–Kier alpha value is -2.42. The van der Waals surface area contributed by atoms with Crippen LogP contribution in [-0.2, 0) is 16.8 Å². The predicted molar refractivity (Wildman–Crippen MR) is 88.2 cm³/mol. The summed E-state index contributed by atoms with van der Waals surface area (Å²) in [6.45, 7) is 0.0762. The van der Waals surface area contributed by atoms with Crippen molar-refractivity contribution in [3.05, 3.63) is 34.2 Å². The molecular weight excluding hydrogens is 334 g/mol. The van der Waals surface area contributed by atoms with Gasteiger partial charge in [0.25, 0.3) is 5.56 Å². The van der Waals surface area contributed by atoms with Crippen LogP contribution >= 0.6 is 0 Å². The van der Waals surface area contributed by atoms with Gasteiger partial charge in [-0.05, 0) is 25.0 Å². The Balaban J connectivity index is 2.06. The second-order valence-electron chi connectivity index (χ2n) is 6.10. The minimum absolute atomic E-state index is 0.0762. The molecule has 2 N–H and O–H groups in total. The molecule has 0 amide bonds. The van der Waals surface area contributed by atoms with Gasteiger partial charge in [-0.2, -0.15) is 0 Å². The molecule has 0 bridgehead atoms. The van der Waals surface area contributed by atoms with Crippen molar-refractivity contribution < 1.29 is 18.8 Å². The van der Waals surface area contributed by atoms with Crippen LogP contribution < -0.4 is 10.3 Å². The molecule has 2 aromatic rings. The number of nitrogens with one attached hydrogen (secondary N) is 1. The number of carboxylic acids is 1. The average molecular weight is 351 g/mol. The minimum Gasteiger partial charge on any atom is -0.477 e. The molecule has 1 aliphatic carbocycles. The van der Waals surface area contributed by atoms with E-state index in [9.17, 15) is 13.8 Å². The molecule has 0 aliphatic heterocycles. The van der Waals surface area contributed by atoms with E-state index in [1.807, 2.05) is 0 Å². The van der Waals surface area contributed by atoms with Crippen molar-refractivity contribution in [1.29, 1.82) is 4.78 Å². The van der Waals surface area contributed by atoms with Gasteiger partial charge in [-0.1, -0.05) is 0 Å². The van der Waals surface area contributed by atoms with E-state index < -0.39 is 26.0 Å². The lowest BCUT2D eigenvalue weighted by Crippen LogP contribution is -2.29. The SMILES string of the molecule is Cn1c(=O)c(C(=O)O)cc2ccnc(OCC3(S(C)(=N)=O)CC3)c21. The lowest BCUT2D eigenvalue weighted by molar-refractivity contribution is 0.0694. The number of aryl methyl sites for hydroxylation is 1. The molecule has 128 valence electrons. The first-order chi connectivity index (χ1) is 11.2. The van der Waals surface area contributed by atoms with E-state index in [0.717, 1.165) is 0 Å². The highest BCUT2D eigenvalue weighted by molar-refractivity contribution is 7.93. The number of aromatic nitrogens is 2. The molecule has 1 saturated carbocycles. The number of nitrogens with zero attached hydrogens (tertiary/aromatic N) is 2. The van der Waals surface area contributed by atoms with E-state index in [2.05, 4.69) is 4.98 Å². The summed E-state index contributed by atoms with van der Waals surface area (Å²) in [6, 6.07) is 2.88. The van der Waals surface area contributed by atoms with Crippen molar-refractivity contribution in [2.45, 2.75) is 17.6 Å². The van der Waals surface area contributed by atoms with Crippen LogP contribution in [-0.4, -0.2) is 42.4 Å². The zero-order valence-corrected chi connectivity index (χ0v) is 14.1. The number of hydrogen-bond donors (Lipinski definition) is 2. The van der Waals surface area contributed by atoms with Crippen molar-refractivity contribution in [2.75, 3.05) is 12.9 Å². The molecule has 0 radical (unpaired) electrons. The van der Waals surface area contributed by atoms with E-state index >= 15 is 0 Å². The Morgan fingerprint density at radius 2 is 2.21 bits per heavy atom. The molecule has 0 spiro atoms. The summed E-state index contributed by atoms with van der Waals surface area (Å²) in [5, 5.41) is 9.62. The van der Waals surface area contributed by atoms with Crippen molar-refractivity contribution in [3.8, 4) is 5.88 Å². The van der Waals surface area contributed by atoms with E-state index in [4.69, 9.17) is 14.6 Å². The van der Waals surface area contributed by atoms with Crippen LogP contribution in [0.4, 0.5) is 0 Å². The lowest BCUT2D eigenvalue weighted by Gasteiger charge is -2.17. The zero-order valence-electron chi connectivity index (χ0n) is 13.2. The number of rotatable bonds is 5. The molecule has 0 aromatic carbocycles. The second-order valence-corrected chi connectivity index (χ2v) is 8.65. The van der Waals surface area contributed by atoms with Gasteiger partial charge in [0.05, 0.1) is 14.5 Å². The van der Waals surface area contributed by atoms with Crippen LogP contribution in [0, 0.1) is 4.78 Å². The monoisotopic (exact) mass is 351 g/mol. The summed E-state index contributed by atoms with van der Waals surface area (Å²) in [6.07, 6.45) is 4.16. The summed E-state index contributed by atoms with van der Waals surface area (Å²) in [5.41, 5.74) is -0.617. The van der Waals surface area contributed by atoms with Gasteiger partial charge in [-0.3, -0.25) is 9.57 Å². The van der Waals surface area contributed by atoms with Gasteiger partial charge >= 0.3 is 5.97 Å². The number of ether oxygens (including phenoxy) is 1. The maximum absolute atomic E-state index is 12.2. The molecular formula is C15H17N3O5S. The van der Waals surface area contributed by atoms with Crippen LogP contribution in [0.15, 0.2) is 23.1 Å². The normalized spacial score (nSPS) is 18.1. The van der Waals surface area contributed by atoms with Crippen molar-refractivity contribution in [2.24, 2.45) is 7.05 Å². The van der Waals surface area contributed by atoms with Gasteiger partial charge in [0, 0.05) is 24.9 Å². The number of fused-ring (bicyclic) bond motifs is 1. The molecule has 2 aromatic heterocycles. The van der Waals surface area contributed by atoms with E-state index in [1.165, 1.54) is 30.1 Å². The molecule has 8 nitrogen and oxygen atoms in total. The molecule has 2 heterocycles. The van der Waals surface area contributed by atoms with Crippen molar-refractivity contribution in [3.63, 3.8) is 0 Å². The molecule has 24 heavy (non-hydrogen) atoms. The van der Waals surface area contributed by atoms with E-state index in [0.29, 0.717) is 23.7 Å². The fourth-order valence-electron chi connectivity index (χ4n) is 2.65. The van der Waals surface area contributed by atoms with Crippen LogP contribution in [0.3, 0.4) is 0 Å². The third-order valence-electron chi connectivity index (χ3n) is 4.43.